The van der Waals surface area contributed by atoms with Gasteiger partial charge in [-0.15, -0.1) is 0 Å². The van der Waals surface area contributed by atoms with Gasteiger partial charge in [-0.05, 0) is 61.0 Å². The van der Waals surface area contributed by atoms with Crippen molar-refractivity contribution in [2.75, 3.05) is 7.11 Å². The van der Waals surface area contributed by atoms with E-state index >= 15 is 0 Å². The maximum Gasteiger partial charge on any atom is 0.334 e. The summed E-state index contributed by atoms with van der Waals surface area (Å²) in [6, 6.07) is 2.02. The van der Waals surface area contributed by atoms with E-state index in [1.54, 1.807) is 6.26 Å². The van der Waals surface area contributed by atoms with Crippen LogP contribution in [-0.4, -0.2) is 24.3 Å². The summed E-state index contributed by atoms with van der Waals surface area (Å²) < 4.78 is 10.2. The lowest BCUT2D eigenvalue weighted by Crippen LogP contribution is -2.57. The van der Waals surface area contributed by atoms with Crippen LogP contribution >= 0.6 is 0 Å². The highest BCUT2D eigenvalue weighted by Gasteiger charge is 2.59. The topological polar surface area (TPSA) is 59.7 Å². The van der Waals surface area contributed by atoms with E-state index in [4.69, 9.17) is 9.15 Å². The number of fused-ring (bicyclic) bond motifs is 1. The first kappa shape index (κ1) is 18.2. The van der Waals surface area contributed by atoms with Crippen molar-refractivity contribution in [2.45, 2.75) is 59.0 Å². The molecule has 0 radical (unpaired) electrons. The Morgan fingerprint density at radius 2 is 2.20 bits per heavy atom. The predicted molar refractivity (Wildman–Crippen MR) is 95.9 cm³/mol. The summed E-state index contributed by atoms with van der Waals surface area (Å²) in [6.45, 7) is 6.65. The van der Waals surface area contributed by atoms with E-state index in [9.17, 15) is 9.90 Å². The number of methoxy groups -OCH3 is 1. The number of allylic oxidation sites excluding steroid dienone is 1. The van der Waals surface area contributed by atoms with Crippen LogP contribution in [0.15, 0.2) is 34.7 Å². The van der Waals surface area contributed by atoms with Crippen molar-refractivity contribution in [1.82, 2.24) is 0 Å². The molecule has 1 aromatic rings. The Balaban J connectivity index is 1.94. The van der Waals surface area contributed by atoms with Crippen LogP contribution in [0.25, 0.3) is 0 Å². The molecule has 1 saturated carbocycles. The number of carbonyl (C=O) groups excluding carboxylic acids is 1. The maximum atomic E-state index is 12.4. The largest absolute Gasteiger partial charge is 0.472 e. The molecule has 0 aromatic carbocycles. The summed E-state index contributed by atoms with van der Waals surface area (Å²) in [5.41, 5.74) is 1.39. The molecule has 4 heteroatoms. The Morgan fingerprint density at radius 3 is 2.84 bits per heavy atom. The van der Waals surface area contributed by atoms with Crippen LogP contribution in [0.1, 0.15) is 52.0 Å². The number of aryl methyl sites for hydroxylation is 1. The van der Waals surface area contributed by atoms with Crippen LogP contribution in [0, 0.1) is 22.7 Å². The molecular weight excluding hydrogens is 316 g/mol. The minimum atomic E-state index is -0.539. The van der Waals surface area contributed by atoms with Crippen molar-refractivity contribution in [1.29, 1.82) is 0 Å². The monoisotopic (exact) mass is 346 g/mol. The number of ether oxygens (including phenoxy) is 1. The summed E-state index contributed by atoms with van der Waals surface area (Å²) in [6.07, 6.45) is 9.56. The lowest BCUT2D eigenvalue weighted by atomic mass is 9.45. The summed E-state index contributed by atoms with van der Waals surface area (Å²) >= 11 is 0. The first-order valence-electron chi connectivity index (χ1n) is 9.32. The third kappa shape index (κ3) is 2.84. The molecule has 3 rings (SSSR count). The predicted octanol–water partition coefficient (Wildman–Crippen LogP) is 4.13. The Labute approximate surface area is 150 Å². The molecule has 0 amide bonds. The molecule has 0 spiro atoms. The number of hydrogen-bond acceptors (Lipinski definition) is 4. The van der Waals surface area contributed by atoms with E-state index in [0.717, 1.165) is 25.7 Å². The van der Waals surface area contributed by atoms with Gasteiger partial charge in [-0.1, -0.05) is 26.8 Å². The summed E-state index contributed by atoms with van der Waals surface area (Å²) in [5.74, 6) is 0.354. The van der Waals surface area contributed by atoms with Gasteiger partial charge in [0, 0.05) is 11.0 Å². The van der Waals surface area contributed by atoms with Gasteiger partial charge < -0.3 is 14.3 Å². The third-order valence-electron chi connectivity index (χ3n) is 7.24. The Bertz CT molecular complexity index is 647. The van der Waals surface area contributed by atoms with Gasteiger partial charge in [0.1, 0.15) is 0 Å². The summed E-state index contributed by atoms with van der Waals surface area (Å²) in [4.78, 5) is 12.4. The second-order valence-electron chi connectivity index (χ2n) is 8.31. The van der Waals surface area contributed by atoms with E-state index in [0.29, 0.717) is 17.9 Å². The minimum absolute atomic E-state index is 0.0543. The SMILES string of the molecule is COC(=O)C1=CCCC2C(C)(CCc3ccoc3)C(C)CC(O)C12C. The van der Waals surface area contributed by atoms with E-state index in [1.807, 2.05) is 18.4 Å². The fourth-order valence-corrected chi connectivity index (χ4v) is 5.40. The van der Waals surface area contributed by atoms with Crippen molar-refractivity contribution in [3.05, 3.63) is 35.8 Å². The van der Waals surface area contributed by atoms with Gasteiger partial charge in [-0.25, -0.2) is 4.79 Å². The number of carbonyl (C=O) groups is 1. The van der Waals surface area contributed by atoms with Crippen molar-refractivity contribution in [3.63, 3.8) is 0 Å². The van der Waals surface area contributed by atoms with Crippen LogP contribution in [0.5, 0.6) is 0 Å². The number of aliphatic hydroxyl groups excluding tert-OH is 1. The van der Waals surface area contributed by atoms with Gasteiger partial charge in [0.2, 0.25) is 0 Å². The van der Waals surface area contributed by atoms with Gasteiger partial charge in [0.05, 0.1) is 25.7 Å². The average molecular weight is 346 g/mol. The standard InChI is InChI=1S/C21H30O4/c1-14-12-18(22)21(3)16(19(23)24-4)6-5-7-17(21)20(14,2)10-8-15-9-11-25-13-15/h6,9,11,13-14,17-18,22H,5,7-8,10,12H2,1-4H3. The molecule has 1 aromatic heterocycles. The van der Waals surface area contributed by atoms with Crippen LogP contribution in [-0.2, 0) is 16.0 Å². The van der Waals surface area contributed by atoms with E-state index < -0.39 is 11.5 Å². The average Bonchev–Trinajstić information content (AvgIpc) is 3.11. The molecule has 5 atom stereocenters. The van der Waals surface area contributed by atoms with E-state index in [2.05, 4.69) is 20.8 Å². The molecule has 0 bridgehead atoms. The van der Waals surface area contributed by atoms with Crippen LogP contribution in [0.2, 0.25) is 0 Å². The molecule has 0 saturated heterocycles. The maximum absolute atomic E-state index is 12.4. The smallest absolute Gasteiger partial charge is 0.334 e. The zero-order valence-electron chi connectivity index (χ0n) is 15.7. The van der Waals surface area contributed by atoms with Crippen LogP contribution < -0.4 is 0 Å². The van der Waals surface area contributed by atoms with Gasteiger partial charge in [0.15, 0.2) is 0 Å². The first-order chi connectivity index (χ1) is 11.8. The fourth-order valence-electron chi connectivity index (χ4n) is 5.40. The van der Waals surface area contributed by atoms with Crippen molar-refractivity contribution in [2.24, 2.45) is 22.7 Å². The highest BCUT2D eigenvalue weighted by molar-refractivity contribution is 5.90. The molecule has 0 aliphatic heterocycles. The quantitative estimate of drug-likeness (QED) is 0.833. The molecular formula is C21H30O4. The number of esters is 1. The van der Waals surface area contributed by atoms with Gasteiger partial charge in [-0.2, -0.15) is 0 Å². The molecule has 5 unspecified atom stereocenters. The number of furan rings is 1. The van der Waals surface area contributed by atoms with E-state index in [1.165, 1.54) is 12.7 Å². The van der Waals surface area contributed by atoms with Crippen molar-refractivity contribution < 1.29 is 19.1 Å². The Morgan fingerprint density at radius 1 is 1.44 bits per heavy atom. The summed E-state index contributed by atoms with van der Waals surface area (Å²) in [5, 5.41) is 11.0. The number of aliphatic hydroxyl groups is 1. The lowest BCUT2D eigenvalue weighted by molar-refractivity contribution is -0.151. The second-order valence-corrected chi connectivity index (χ2v) is 8.31. The molecule has 1 heterocycles. The molecule has 25 heavy (non-hydrogen) atoms. The highest BCUT2D eigenvalue weighted by Crippen LogP contribution is 2.61. The molecule has 1 N–H and O–H groups in total. The van der Waals surface area contributed by atoms with E-state index in [-0.39, 0.29) is 17.3 Å². The number of rotatable bonds is 4. The Hall–Kier alpha value is -1.55. The molecule has 2 aliphatic carbocycles. The summed E-state index contributed by atoms with van der Waals surface area (Å²) in [7, 11) is 1.42. The fraction of sp³-hybridized carbons (Fsp3) is 0.667. The lowest BCUT2D eigenvalue weighted by Gasteiger charge is -2.59. The second kappa shape index (κ2) is 6.64. The van der Waals surface area contributed by atoms with Gasteiger partial charge in [0.25, 0.3) is 0 Å². The zero-order valence-corrected chi connectivity index (χ0v) is 15.7. The Kier molecular flexibility index (Phi) is 4.84. The van der Waals surface area contributed by atoms with Crippen LogP contribution in [0.4, 0.5) is 0 Å². The molecule has 2 aliphatic rings. The highest BCUT2D eigenvalue weighted by atomic mass is 16.5. The molecule has 138 valence electrons. The van der Waals surface area contributed by atoms with Crippen LogP contribution in [0.3, 0.4) is 0 Å². The van der Waals surface area contributed by atoms with Crippen molar-refractivity contribution in [3.8, 4) is 0 Å². The molecule has 4 nitrogen and oxygen atoms in total. The van der Waals surface area contributed by atoms with Gasteiger partial charge in [-0.3, -0.25) is 0 Å². The molecule has 1 fully saturated rings. The van der Waals surface area contributed by atoms with Gasteiger partial charge >= 0.3 is 5.97 Å². The third-order valence-corrected chi connectivity index (χ3v) is 7.24. The zero-order chi connectivity index (χ0) is 18.2. The van der Waals surface area contributed by atoms with Crippen molar-refractivity contribution >= 4 is 5.97 Å². The first-order valence-corrected chi connectivity index (χ1v) is 9.32. The minimum Gasteiger partial charge on any atom is -0.472 e. The normalized spacial score (nSPS) is 38.0. The number of hydrogen-bond donors (Lipinski definition) is 1.